The maximum atomic E-state index is 14.9. The van der Waals surface area contributed by atoms with Crippen LogP contribution in [0, 0.1) is 50.2 Å². The molecule has 4 saturated carbocycles. The quantitative estimate of drug-likeness (QED) is 0.204. The minimum atomic E-state index is -1.50. The van der Waals surface area contributed by atoms with Gasteiger partial charge >= 0.3 is 11.9 Å². The number of carbonyl (C=O) groups excluding carboxylic acids is 3. The number of nitrogens with zero attached hydrogens (tertiary/aromatic N) is 1. The molecule has 0 spiro atoms. The smallest absolute Gasteiger partial charge is 0.326 e. The second-order valence-corrected chi connectivity index (χ2v) is 19.6. The largest absolute Gasteiger partial charge is 0.481 e. The van der Waals surface area contributed by atoms with Gasteiger partial charge in [0, 0.05) is 24.3 Å². The van der Waals surface area contributed by atoms with Crippen LogP contribution in [0.4, 0.5) is 0 Å². The molecule has 1 aromatic rings. The summed E-state index contributed by atoms with van der Waals surface area (Å²) in [6, 6.07) is 7.77. The molecule has 0 aromatic heterocycles. The Morgan fingerprint density at radius 1 is 0.889 bits per heavy atom. The fraction of sp³-hybridized carbons (Fsp3) is 0.705. The molecule has 5 aliphatic carbocycles. The molecule has 1 unspecified atom stereocenters. The first-order valence-electron chi connectivity index (χ1n) is 20.1. The number of hydrogen-bond donors (Lipinski definition) is 4. The van der Waals surface area contributed by atoms with Gasteiger partial charge in [-0.1, -0.05) is 84.4 Å². The molecule has 0 saturated heterocycles. The van der Waals surface area contributed by atoms with Crippen LogP contribution in [0.3, 0.4) is 0 Å². The lowest BCUT2D eigenvalue weighted by atomic mass is 9.33. The number of benzene rings is 1. The molecule has 4 N–H and O–H groups in total. The highest BCUT2D eigenvalue weighted by atomic mass is 16.4. The number of hydrogen-bond acceptors (Lipinski definition) is 6. The predicted molar refractivity (Wildman–Crippen MR) is 204 cm³/mol. The number of aliphatic hydroxyl groups is 1. The first kappa shape index (κ1) is 40.1. The fourth-order valence-electron chi connectivity index (χ4n) is 12.7. The highest BCUT2D eigenvalue weighted by Crippen LogP contribution is 2.75. The van der Waals surface area contributed by atoms with Crippen molar-refractivity contribution in [1.29, 1.82) is 0 Å². The van der Waals surface area contributed by atoms with Crippen molar-refractivity contribution in [2.75, 3.05) is 6.54 Å². The van der Waals surface area contributed by atoms with E-state index in [9.17, 15) is 39.3 Å². The van der Waals surface area contributed by atoms with Crippen molar-refractivity contribution in [2.45, 2.75) is 138 Å². The maximum absolute atomic E-state index is 14.9. The molecule has 6 rings (SSSR count). The van der Waals surface area contributed by atoms with Gasteiger partial charge in [0.05, 0.1) is 6.10 Å². The molecular formula is C44H62N2O8. The van der Waals surface area contributed by atoms with Gasteiger partial charge in [0.15, 0.2) is 5.78 Å². The third kappa shape index (κ3) is 6.42. The molecule has 1 aromatic carbocycles. The summed E-state index contributed by atoms with van der Waals surface area (Å²) >= 11 is 0. The SMILES string of the molecule is CC1(C)[C@@H](O)CC[C@]2(C)[C@H]3C(=O)C=C4[C@@H]5C[C@@](C)(C(=O)N(CC(=O)NCc6ccccc6)C(CCC(=O)O)C(=O)O)CC[C@]5(C)CC[C@@]4(C)[C@]3(C)CC[C@@H]12. The Labute approximate surface area is 320 Å². The number of fused-ring (bicyclic) bond motifs is 7. The summed E-state index contributed by atoms with van der Waals surface area (Å²) < 4.78 is 0. The van der Waals surface area contributed by atoms with Crippen LogP contribution >= 0.6 is 0 Å². The van der Waals surface area contributed by atoms with E-state index in [0.29, 0.717) is 25.7 Å². The van der Waals surface area contributed by atoms with E-state index >= 15 is 0 Å². The average molecular weight is 747 g/mol. The van der Waals surface area contributed by atoms with Crippen LogP contribution in [0.2, 0.25) is 0 Å². The van der Waals surface area contributed by atoms with Crippen molar-refractivity contribution in [3.05, 3.63) is 47.5 Å². The van der Waals surface area contributed by atoms with Crippen molar-refractivity contribution in [3.8, 4) is 0 Å². The lowest BCUT2D eigenvalue weighted by Crippen LogP contribution is -2.66. The van der Waals surface area contributed by atoms with Gasteiger partial charge in [-0.05, 0) is 115 Å². The number of carboxylic acid groups (broad SMARTS) is 2. The van der Waals surface area contributed by atoms with Crippen molar-refractivity contribution in [1.82, 2.24) is 10.2 Å². The summed E-state index contributed by atoms with van der Waals surface area (Å²) in [5.74, 6) is -3.43. The van der Waals surface area contributed by atoms with Crippen LogP contribution in [0.15, 0.2) is 42.0 Å². The number of carbonyl (C=O) groups is 5. The number of allylic oxidation sites excluding steroid dienone is 2. The van der Waals surface area contributed by atoms with Crippen molar-refractivity contribution < 1.29 is 39.3 Å². The van der Waals surface area contributed by atoms with Gasteiger partial charge in [-0.25, -0.2) is 4.79 Å². The van der Waals surface area contributed by atoms with Crippen LogP contribution < -0.4 is 5.32 Å². The number of rotatable bonds is 10. The highest BCUT2D eigenvalue weighted by molar-refractivity contribution is 5.96. The van der Waals surface area contributed by atoms with Crippen molar-refractivity contribution in [2.24, 2.45) is 50.2 Å². The Bertz CT molecular complexity index is 1720. The average Bonchev–Trinajstić information content (AvgIpc) is 3.10. The van der Waals surface area contributed by atoms with Gasteiger partial charge in [0.25, 0.3) is 0 Å². The van der Waals surface area contributed by atoms with Crippen molar-refractivity contribution >= 4 is 29.5 Å². The first-order valence-corrected chi connectivity index (χ1v) is 20.1. The standard InChI is InChI=1S/C44H62N2O8/c1-39(2)32-15-18-44(7)36(42(32,5)17-16-33(39)48)31(47)23-28-29-24-41(4,20-19-40(29,3)21-22-43(28,44)6)38(54)46(30(37(52)53)13-14-35(50)51)26-34(49)45-25-27-11-9-8-10-12-27/h8-12,23,29-30,32-33,36,48H,13-22,24-26H2,1-7H3,(H,45,49)(H,50,51)(H,52,53)/t29-,30?,32-,33-,36+,40+,41-,42-,43+,44+/m0/s1. The minimum Gasteiger partial charge on any atom is -0.481 e. The van der Waals surface area contributed by atoms with Crippen LogP contribution in [-0.2, 0) is 30.5 Å². The van der Waals surface area contributed by atoms with E-state index in [1.54, 1.807) is 0 Å². The van der Waals surface area contributed by atoms with E-state index in [1.165, 1.54) is 0 Å². The lowest BCUT2D eigenvalue weighted by Gasteiger charge is -2.70. The lowest BCUT2D eigenvalue weighted by molar-refractivity contribution is -0.202. The first-order chi connectivity index (χ1) is 25.1. The topological polar surface area (TPSA) is 161 Å². The number of carboxylic acids is 2. The molecule has 5 aliphatic rings. The minimum absolute atomic E-state index is 0.105. The summed E-state index contributed by atoms with van der Waals surface area (Å²) in [6.07, 6.45) is 7.54. The second kappa shape index (κ2) is 13.9. The summed E-state index contributed by atoms with van der Waals surface area (Å²) in [5, 5.41) is 33.7. The Kier molecular flexibility index (Phi) is 10.3. The zero-order valence-corrected chi connectivity index (χ0v) is 33.4. The number of aliphatic hydroxyl groups excluding tert-OH is 1. The van der Waals surface area contributed by atoms with E-state index in [4.69, 9.17) is 0 Å². The van der Waals surface area contributed by atoms with E-state index in [-0.39, 0.29) is 63.6 Å². The molecular weight excluding hydrogens is 684 g/mol. The third-order valence-corrected chi connectivity index (χ3v) is 16.3. The summed E-state index contributed by atoms with van der Waals surface area (Å²) in [4.78, 5) is 68.5. The zero-order chi connectivity index (χ0) is 39.6. The molecule has 10 atom stereocenters. The zero-order valence-electron chi connectivity index (χ0n) is 33.4. The molecule has 10 heteroatoms. The van der Waals surface area contributed by atoms with E-state index in [0.717, 1.165) is 48.1 Å². The molecule has 2 amide bonds. The predicted octanol–water partition coefficient (Wildman–Crippen LogP) is 6.79. The Hall–Kier alpha value is -3.53. The van der Waals surface area contributed by atoms with E-state index in [2.05, 4.69) is 46.9 Å². The van der Waals surface area contributed by atoms with Crippen LogP contribution in [0.25, 0.3) is 0 Å². The molecule has 54 heavy (non-hydrogen) atoms. The molecule has 0 bridgehead atoms. The van der Waals surface area contributed by atoms with Crippen LogP contribution in [0.5, 0.6) is 0 Å². The molecule has 4 fully saturated rings. The summed E-state index contributed by atoms with van der Waals surface area (Å²) in [5.41, 5.74) is -0.407. The maximum Gasteiger partial charge on any atom is 0.326 e. The Morgan fingerprint density at radius 2 is 1.56 bits per heavy atom. The van der Waals surface area contributed by atoms with Gasteiger partial charge in [0.2, 0.25) is 11.8 Å². The number of ketones is 1. The normalized spacial score (nSPS) is 38.7. The molecule has 0 heterocycles. The van der Waals surface area contributed by atoms with Gasteiger partial charge in [-0.15, -0.1) is 0 Å². The van der Waals surface area contributed by atoms with Gasteiger partial charge in [-0.2, -0.15) is 0 Å². The third-order valence-electron chi connectivity index (χ3n) is 16.3. The highest BCUT2D eigenvalue weighted by Gasteiger charge is 2.70. The molecule has 296 valence electrons. The number of nitrogens with one attached hydrogen (secondary N) is 1. The summed E-state index contributed by atoms with van der Waals surface area (Å²) in [7, 11) is 0. The molecule has 0 aliphatic heterocycles. The monoisotopic (exact) mass is 746 g/mol. The van der Waals surface area contributed by atoms with Gasteiger partial charge < -0.3 is 25.5 Å². The van der Waals surface area contributed by atoms with Gasteiger partial charge in [0.1, 0.15) is 12.6 Å². The number of amides is 2. The summed E-state index contributed by atoms with van der Waals surface area (Å²) in [6.45, 7) is 15.1. The fourth-order valence-corrected chi connectivity index (χ4v) is 12.7. The van der Waals surface area contributed by atoms with Crippen LogP contribution in [-0.4, -0.2) is 68.4 Å². The van der Waals surface area contributed by atoms with Gasteiger partial charge in [-0.3, -0.25) is 19.2 Å². The van der Waals surface area contributed by atoms with Crippen LogP contribution in [0.1, 0.15) is 125 Å². The molecule has 0 radical (unpaired) electrons. The Balaban J connectivity index is 1.33. The van der Waals surface area contributed by atoms with E-state index in [1.807, 2.05) is 43.3 Å². The van der Waals surface area contributed by atoms with Crippen molar-refractivity contribution in [3.63, 3.8) is 0 Å². The molecule has 10 nitrogen and oxygen atoms in total. The van der Waals surface area contributed by atoms with E-state index < -0.39 is 54.3 Å². The number of aliphatic carboxylic acids is 2. The Morgan fingerprint density at radius 3 is 2.20 bits per heavy atom. The second-order valence-electron chi connectivity index (χ2n) is 19.6.